The van der Waals surface area contributed by atoms with Crippen molar-refractivity contribution < 1.29 is 13.7 Å². The first-order valence-electron chi connectivity index (χ1n) is 8.36. The summed E-state index contributed by atoms with van der Waals surface area (Å²) >= 11 is 0. The Balaban J connectivity index is 2.10. The van der Waals surface area contributed by atoms with E-state index in [0.29, 0.717) is 17.5 Å². The summed E-state index contributed by atoms with van der Waals surface area (Å²) in [5.41, 5.74) is 1.08. The van der Waals surface area contributed by atoms with Crippen LogP contribution in [0.1, 0.15) is 51.4 Å². The molecule has 1 fully saturated rings. The van der Waals surface area contributed by atoms with E-state index < -0.39 is 16.4 Å². The van der Waals surface area contributed by atoms with Crippen molar-refractivity contribution >= 4 is 16.9 Å². The average Bonchev–Trinajstić information content (AvgIpc) is 2.44. The van der Waals surface area contributed by atoms with Gasteiger partial charge in [-0.2, -0.15) is 0 Å². The van der Waals surface area contributed by atoms with Crippen molar-refractivity contribution in [3.8, 4) is 0 Å². The SMILES string of the molecule is Cc1cc(C)nc([S@@](=O)C[C@H]2CCCCN2C(=O)OC(C)(C)C)n1. The van der Waals surface area contributed by atoms with E-state index in [1.807, 2.05) is 40.7 Å². The van der Waals surface area contributed by atoms with E-state index in [1.54, 1.807) is 4.90 Å². The van der Waals surface area contributed by atoms with Gasteiger partial charge in [-0.1, -0.05) is 0 Å². The Kier molecular flexibility index (Phi) is 5.96. The lowest BCUT2D eigenvalue weighted by molar-refractivity contribution is 0.0125. The molecule has 2 rings (SSSR count). The lowest BCUT2D eigenvalue weighted by atomic mass is 10.0. The molecule has 2 atom stereocenters. The lowest BCUT2D eigenvalue weighted by Crippen LogP contribution is -2.48. The quantitative estimate of drug-likeness (QED) is 0.781. The first-order valence-corrected chi connectivity index (χ1v) is 9.68. The van der Waals surface area contributed by atoms with Crippen LogP contribution in [0.4, 0.5) is 4.79 Å². The number of aryl methyl sites for hydroxylation is 2. The Morgan fingerprint density at radius 3 is 2.50 bits per heavy atom. The number of likely N-dealkylation sites (tertiary alicyclic amines) is 1. The van der Waals surface area contributed by atoms with Crippen LogP contribution >= 0.6 is 0 Å². The van der Waals surface area contributed by atoms with Gasteiger partial charge in [0.2, 0.25) is 5.16 Å². The number of ether oxygens (including phenoxy) is 1. The first-order chi connectivity index (χ1) is 11.2. The molecule has 1 amide bonds. The molecule has 134 valence electrons. The Morgan fingerprint density at radius 2 is 1.92 bits per heavy atom. The molecule has 1 aromatic heterocycles. The number of amides is 1. The molecule has 6 nitrogen and oxygen atoms in total. The van der Waals surface area contributed by atoms with Crippen LogP contribution in [0.2, 0.25) is 0 Å². The molecule has 0 N–H and O–H groups in total. The summed E-state index contributed by atoms with van der Waals surface area (Å²) in [6.07, 6.45) is 2.47. The van der Waals surface area contributed by atoms with E-state index >= 15 is 0 Å². The van der Waals surface area contributed by atoms with E-state index in [0.717, 1.165) is 30.7 Å². The molecule has 0 saturated carbocycles. The summed E-state index contributed by atoms with van der Waals surface area (Å²) in [6.45, 7) is 9.93. The molecule has 0 unspecified atom stereocenters. The molecule has 0 aromatic carbocycles. The van der Waals surface area contributed by atoms with Gasteiger partial charge in [0.25, 0.3) is 0 Å². The fourth-order valence-corrected chi connectivity index (χ4v) is 4.12. The smallest absolute Gasteiger partial charge is 0.410 e. The van der Waals surface area contributed by atoms with Crippen LogP contribution in [0.25, 0.3) is 0 Å². The number of carbonyl (C=O) groups is 1. The Hall–Kier alpha value is -1.50. The van der Waals surface area contributed by atoms with Crippen LogP contribution in [0.5, 0.6) is 0 Å². The maximum atomic E-state index is 12.7. The van der Waals surface area contributed by atoms with Gasteiger partial charge in [-0.15, -0.1) is 0 Å². The third kappa shape index (κ3) is 5.26. The van der Waals surface area contributed by atoms with Gasteiger partial charge < -0.3 is 9.64 Å². The highest BCUT2D eigenvalue weighted by Crippen LogP contribution is 2.22. The van der Waals surface area contributed by atoms with Gasteiger partial charge in [0, 0.05) is 24.0 Å². The van der Waals surface area contributed by atoms with Crippen LogP contribution in [0.15, 0.2) is 11.2 Å². The molecule has 1 saturated heterocycles. The number of piperidine rings is 1. The molecule has 1 aromatic rings. The highest BCUT2D eigenvalue weighted by Gasteiger charge is 2.32. The minimum atomic E-state index is -1.33. The van der Waals surface area contributed by atoms with Crippen molar-refractivity contribution in [1.82, 2.24) is 14.9 Å². The summed E-state index contributed by atoms with van der Waals surface area (Å²) in [5.74, 6) is 0.349. The van der Waals surface area contributed by atoms with E-state index in [1.165, 1.54) is 0 Å². The summed E-state index contributed by atoms with van der Waals surface area (Å²) < 4.78 is 18.2. The Morgan fingerprint density at radius 1 is 1.29 bits per heavy atom. The van der Waals surface area contributed by atoms with E-state index in [9.17, 15) is 9.00 Å². The summed E-state index contributed by atoms with van der Waals surface area (Å²) in [6, 6.07) is 1.76. The van der Waals surface area contributed by atoms with Crippen LogP contribution < -0.4 is 0 Å². The zero-order chi connectivity index (χ0) is 17.9. The van der Waals surface area contributed by atoms with Crippen LogP contribution in [0, 0.1) is 13.8 Å². The molecule has 0 aliphatic carbocycles. The maximum Gasteiger partial charge on any atom is 0.410 e. The predicted octanol–water partition coefficient (Wildman–Crippen LogP) is 2.99. The number of carbonyl (C=O) groups excluding carboxylic acids is 1. The Bertz CT molecular complexity index is 608. The normalized spacial score (nSPS) is 19.9. The van der Waals surface area contributed by atoms with Gasteiger partial charge in [0.05, 0.1) is 16.6 Å². The minimum Gasteiger partial charge on any atom is -0.444 e. The number of hydrogen-bond donors (Lipinski definition) is 0. The molecule has 0 radical (unpaired) electrons. The topological polar surface area (TPSA) is 72.4 Å². The molecule has 1 aliphatic heterocycles. The second-order valence-electron chi connectivity index (χ2n) is 7.27. The molecule has 0 spiro atoms. The third-order valence-corrected chi connectivity index (χ3v) is 5.04. The number of rotatable bonds is 3. The van der Waals surface area contributed by atoms with Gasteiger partial charge >= 0.3 is 6.09 Å². The monoisotopic (exact) mass is 353 g/mol. The average molecular weight is 353 g/mol. The third-order valence-electron chi connectivity index (χ3n) is 3.76. The predicted molar refractivity (Wildman–Crippen MR) is 93.4 cm³/mol. The Labute approximate surface area is 146 Å². The zero-order valence-corrected chi connectivity index (χ0v) is 16.0. The summed E-state index contributed by atoms with van der Waals surface area (Å²) in [4.78, 5) is 22.7. The largest absolute Gasteiger partial charge is 0.444 e. The van der Waals surface area contributed by atoms with Gasteiger partial charge in [0.1, 0.15) is 5.60 Å². The van der Waals surface area contributed by atoms with Gasteiger partial charge in [-0.05, 0) is 59.9 Å². The van der Waals surface area contributed by atoms with E-state index in [4.69, 9.17) is 4.74 Å². The van der Waals surface area contributed by atoms with Crippen LogP contribution in [0.3, 0.4) is 0 Å². The molecule has 0 bridgehead atoms. The maximum absolute atomic E-state index is 12.7. The van der Waals surface area contributed by atoms with E-state index in [-0.39, 0.29) is 12.1 Å². The zero-order valence-electron chi connectivity index (χ0n) is 15.2. The van der Waals surface area contributed by atoms with Gasteiger partial charge in [-0.3, -0.25) is 4.21 Å². The van der Waals surface area contributed by atoms with Crippen molar-refractivity contribution in [1.29, 1.82) is 0 Å². The summed E-state index contributed by atoms with van der Waals surface area (Å²) in [5, 5.41) is 0.349. The van der Waals surface area contributed by atoms with Gasteiger partial charge in [-0.25, -0.2) is 14.8 Å². The van der Waals surface area contributed by atoms with Gasteiger partial charge in [0.15, 0.2) is 0 Å². The van der Waals surface area contributed by atoms with Crippen LogP contribution in [-0.4, -0.2) is 49.1 Å². The molecule has 7 heteroatoms. The highest BCUT2D eigenvalue weighted by molar-refractivity contribution is 7.84. The fraction of sp³-hybridized carbons (Fsp3) is 0.706. The molecule has 1 aliphatic rings. The van der Waals surface area contributed by atoms with Crippen molar-refractivity contribution in [2.24, 2.45) is 0 Å². The molecular formula is C17H27N3O3S. The number of hydrogen-bond acceptors (Lipinski definition) is 5. The second-order valence-corrected chi connectivity index (χ2v) is 8.66. The van der Waals surface area contributed by atoms with Crippen molar-refractivity contribution in [3.63, 3.8) is 0 Å². The van der Waals surface area contributed by atoms with Crippen molar-refractivity contribution in [2.45, 2.75) is 70.7 Å². The lowest BCUT2D eigenvalue weighted by Gasteiger charge is -2.36. The second kappa shape index (κ2) is 7.59. The first kappa shape index (κ1) is 18.8. The van der Waals surface area contributed by atoms with Crippen molar-refractivity contribution in [2.75, 3.05) is 12.3 Å². The van der Waals surface area contributed by atoms with Crippen molar-refractivity contribution in [3.05, 3.63) is 17.5 Å². The van der Waals surface area contributed by atoms with E-state index in [2.05, 4.69) is 9.97 Å². The number of nitrogens with zero attached hydrogens (tertiary/aromatic N) is 3. The number of aromatic nitrogens is 2. The molecule has 2 heterocycles. The highest BCUT2D eigenvalue weighted by atomic mass is 32.2. The standard InChI is InChI=1S/C17H27N3O3S/c1-12-10-13(2)19-15(18-12)24(22)11-14-8-6-7-9-20(14)16(21)23-17(3,4)5/h10,14H,6-9,11H2,1-5H3/t14-,24+/m1/s1. The van der Waals surface area contributed by atoms with Crippen LogP contribution in [-0.2, 0) is 15.5 Å². The fourth-order valence-electron chi connectivity index (χ4n) is 2.78. The summed E-state index contributed by atoms with van der Waals surface area (Å²) in [7, 11) is -1.33. The minimum absolute atomic E-state index is 0.0983. The molecular weight excluding hydrogens is 326 g/mol. The molecule has 24 heavy (non-hydrogen) atoms.